The van der Waals surface area contributed by atoms with Crippen molar-refractivity contribution in [2.75, 3.05) is 23.8 Å². The largest absolute Gasteiger partial charge is 0.494 e. The molecule has 2 N–H and O–H groups in total. The summed E-state index contributed by atoms with van der Waals surface area (Å²) in [4.78, 5) is 23.2. The minimum absolute atomic E-state index is 0.146. The van der Waals surface area contributed by atoms with Crippen LogP contribution in [-0.2, 0) is 9.59 Å². The maximum absolute atomic E-state index is 12.0. The van der Waals surface area contributed by atoms with Gasteiger partial charge in [-0.2, -0.15) is 0 Å². The number of carbonyl (C=O) groups is 2. The summed E-state index contributed by atoms with van der Waals surface area (Å²) >= 11 is 6.00. The van der Waals surface area contributed by atoms with Crippen molar-refractivity contribution in [3.8, 4) is 11.5 Å². The molecular formula is C19H21ClN2O4. The zero-order chi connectivity index (χ0) is 18.9. The van der Waals surface area contributed by atoms with Gasteiger partial charge in [-0.25, -0.2) is 0 Å². The molecule has 0 radical (unpaired) electrons. The number of hydrogen-bond donors (Lipinski definition) is 2. The van der Waals surface area contributed by atoms with Crippen molar-refractivity contribution in [1.29, 1.82) is 0 Å². The highest BCUT2D eigenvalue weighted by atomic mass is 35.5. The topological polar surface area (TPSA) is 76.7 Å². The molecule has 2 aromatic carbocycles. The van der Waals surface area contributed by atoms with Gasteiger partial charge < -0.3 is 20.1 Å². The summed E-state index contributed by atoms with van der Waals surface area (Å²) in [6.07, 6.45) is 0.937. The molecule has 2 rings (SSSR count). The third kappa shape index (κ3) is 6.29. The Labute approximate surface area is 157 Å². The normalized spacial score (nSPS) is 10.1. The molecule has 0 aromatic heterocycles. The molecule has 0 heterocycles. The zero-order valence-corrected chi connectivity index (χ0v) is 15.4. The number of carbonyl (C=O) groups excluding carboxylic acids is 2. The lowest BCUT2D eigenvalue weighted by atomic mass is 10.2. The van der Waals surface area contributed by atoms with Gasteiger partial charge in [-0.05, 0) is 48.9 Å². The smallest absolute Gasteiger partial charge is 0.262 e. The number of amides is 2. The number of hydrogen-bond acceptors (Lipinski definition) is 4. The predicted molar refractivity (Wildman–Crippen MR) is 102 cm³/mol. The van der Waals surface area contributed by atoms with Gasteiger partial charge in [-0.15, -0.1) is 0 Å². The van der Waals surface area contributed by atoms with Gasteiger partial charge in [0.1, 0.15) is 11.5 Å². The molecule has 0 saturated heterocycles. The van der Waals surface area contributed by atoms with Crippen LogP contribution in [-0.4, -0.2) is 25.0 Å². The lowest BCUT2D eigenvalue weighted by molar-refractivity contribution is -0.118. The number of halogens is 1. The van der Waals surface area contributed by atoms with Crippen LogP contribution in [0.3, 0.4) is 0 Å². The molecule has 0 aliphatic heterocycles. The van der Waals surface area contributed by atoms with E-state index in [1.54, 1.807) is 42.5 Å². The fraction of sp³-hybridized carbons (Fsp3) is 0.263. The van der Waals surface area contributed by atoms with Crippen LogP contribution in [0.5, 0.6) is 11.5 Å². The van der Waals surface area contributed by atoms with Crippen molar-refractivity contribution in [3.05, 3.63) is 47.5 Å². The first-order chi connectivity index (χ1) is 12.5. The van der Waals surface area contributed by atoms with Gasteiger partial charge in [0.05, 0.1) is 17.3 Å². The number of benzene rings is 2. The Morgan fingerprint density at radius 1 is 1.00 bits per heavy atom. The average Bonchev–Trinajstić information content (AvgIpc) is 2.61. The van der Waals surface area contributed by atoms with E-state index in [1.165, 1.54) is 6.92 Å². The highest BCUT2D eigenvalue weighted by molar-refractivity contribution is 6.33. The first kappa shape index (κ1) is 19.6. The highest BCUT2D eigenvalue weighted by Crippen LogP contribution is 2.25. The maximum Gasteiger partial charge on any atom is 0.262 e. The van der Waals surface area contributed by atoms with Gasteiger partial charge in [-0.1, -0.05) is 18.5 Å². The summed E-state index contributed by atoms with van der Waals surface area (Å²) < 4.78 is 10.9. The molecule has 2 amide bonds. The van der Waals surface area contributed by atoms with Crippen molar-refractivity contribution >= 4 is 34.8 Å². The summed E-state index contributed by atoms with van der Waals surface area (Å²) in [5.41, 5.74) is 0.940. The number of ether oxygens (including phenoxy) is 2. The average molecular weight is 377 g/mol. The standard InChI is InChI=1S/C19H21ClN2O4/c1-3-10-25-15-5-7-16(8-6-15)26-12-19(24)22-14-4-9-17(20)18(11-14)21-13(2)23/h4-9,11H,3,10,12H2,1-2H3,(H,21,23)(H,22,24). The first-order valence-electron chi connectivity index (χ1n) is 8.20. The van der Waals surface area contributed by atoms with E-state index < -0.39 is 0 Å². The van der Waals surface area contributed by atoms with Crippen molar-refractivity contribution in [2.45, 2.75) is 20.3 Å². The zero-order valence-electron chi connectivity index (χ0n) is 14.7. The molecule has 0 aliphatic carbocycles. The van der Waals surface area contributed by atoms with Crippen LogP contribution in [0.2, 0.25) is 5.02 Å². The van der Waals surface area contributed by atoms with E-state index in [4.69, 9.17) is 21.1 Å². The van der Waals surface area contributed by atoms with Crippen molar-refractivity contribution in [3.63, 3.8) is 0 Å². The Hall–Kier alpha value is -2.73. The summed E-state index contributed by atoms with van der Waals surface area (Å²) in [5, 5.41) is 5.68. The quantitative estimate of drug-likeness (QED) is 0.727. The molecule has 0 spiro atoms. The van der Waals surface area contributed by atoms with Crippen LogP contribution in [0, 0.1) is 0 Å². The lowest BCUT2D eigenvalue weighted by Crippen LogP contribution is -2.20. The van der Waals surface area contributed by atoms with E-state index in [1.807, 2.05) is 6.92 Å². The molecule has 6 nitrogen and oxygen atoms in total. The molecule has 0 fully saturated rings. The second-order valence-electron chi connectivity index (χ2n) is 5.53. The fourth-order valence-corrected chi connectivity index (χ4v) is 2.25. The molecule has 138 valence electrons. The second-order valence-corrected chi connectivity index (χ2v) is 5.94. The van der Waals surface area contributed by atoms with Crippen LogP contribution >= 0.6 is 11.6 Å². The summed E-state index contributed by atoms with van der Waals surface area (Å²) in [7, 11) is 0. The fourth-order valence-electron chi connectivity index (χ4n) is 2.09. The number of anilines is 2. The van der Waals surface area contributed by atoms with E-state index in [9.17, 15) is 9.59 Å². The minimum atomic E-state index is -0.326. The molecule has 2 aromatic rings. The monoisotopic (exact) mass is 376 g/mol. The van der Waals surface area contributed by atoms with Gasteiger partial charge in [0.2, 0.25) is 5.91 Å². The van der Waals surface area contributed by atoms with Crippen LogP contribution in [0.1, 0.15) is 20.3 Å². The van der Waals surface area contributed by atoms with E-state index in [0.29, 0.717) is 28.8 Å². The Kier molecular flexibility index (Phi) is 7.29. The Morgan fingerprint density at radius 2 is 1.65 bits per heavy atom. The molecule has 0 aliphatic rings. The highest BCUT2D eigenvalue weighted by Gasteiger charge is 2.08. The van der Waals surface area contributed by atoms with Crippen LogP contribution in [0.15, 0.2) is 42.5 Å². The Morgan fingerprint density at radius 3 is 2.27 bits per heavy atom. The summed E-state index contributed by atoms with van der Waals surface area (Å²) in [6.45, 7) is 3.93. The lowest BCUT2D eigenvalue weighted by Gasteiger charge is -2.11. The van der Waals surface area contributed by atoms with Gasteiger partial charge in [0, 0.05) is 12.6 Å². The van der Waals surface area contributed by atoms with Gasteiger partial charge in [0.25, 0.3) is 5.91 Å². The van der Waals surface area contributed by atoms with Crippen LogP contribution < -0.4 is 20.1 Å². The van der Waals surface area contributed by atoms with Crippen molar-refractivity contribution in [1.82, 2.24) is 0 Å². The van der Waals surface area contributed by atoms with Crippen LogP contribution in [0.4, 0.5) is 11.4 Å². The van der Waals surface area contributed by atoms with E-state index in [0.717, 1.165) is 12.2 Å². The van der Waals surface area contributed by atoms with Crippen molar-refractivity contribution in [2.24, 2.45) is 0 Å². The molecule has 0 unspecified atom stereocenters. The number of rotatable bonds is 8. The molecule has 26 heavy (non-hydrogen) atoms. The van der Waals surface area contributed by atoms with Gasteiger partial charge in [0.15, 0.2) is 6.61 Å². The van der Waals surface area contributed by atoms with Gasteiger partial charge >= 0.3 is 0 Å². The third-order valence-corrected chi connectivity index (χ3v) is 3.56. The van der Waals surface area contributed by atoms with E-state index >= 15 is 0 Å². The summed E-state index contributed by atoms with van der Waals surface area (Å²) in [6, 6.07) is 11.9. The molecular weight excluding hydrogens is 356 g/mol. The van der Waals surface area contributed by atoms with Gasteiger partial charge in [-0.3, -0.25) is 9.59 Å². The minimum Gasteiger partial charge on any atom is -0.494 e. The molecule has 0 bridgehead atoms. The SMILES string of the molecule is CCCOc1ccc(OCC(=O)Nc2ccc(Cl)c(NC(C)=O)c2)cc1. The van der Waals surface area contributed by atoms with Crippen LogP contribution in [0.25, 0.3) is 0 Å². The number of nitrogens with one attached hydrogen (secondary N) is 2. The molecule has 0 atom stereocenters. The maximum atomic E-state index is 12.0. The molecule has 0 saturated carbocycles. The van der Waals surface area contributed by atoms with E-state index in [-0.39, 0.29) is 18.4 Å². The Bertz CT molecular complexity index is 763. The third-order valence-electron chi connectivity index (χ3n) is 3.23. The first-order valence-corrected chi connectivity index (χ1v) is 8.58. The predicted octanol–water partition coefficient (Wildman–Crippen LogP) is 4.10. The van der Waals surface area contributed by atoms with E-state index in [2.05, 4.69) is 10.6 Å². The summed E-state index contributed by atoms with van der Waals surface area (Å²) in [5.74, 6) is 0.756. The van der Waals surface area contributed by atoms with Crippen molar-refractivity contribution < 1.29 is 19.1 Å². The second kappa shape index (κ2) is 9.68. The Balaban J connectivity index is 1.87. The molecule has 7 heteroatoms.